The molecule has 0 amide bonds. The molecule has 10 aromatic carbocycles. The van der Waals surface area contributed by atoms with Crippen LogP contribution in [0.25, 0.3) is 61.2 Å². The van der Waals surface area contributed by atoms with Gasteiger partial charge in [-0.25, -0.2) is 0 Å². The number of hydrogen-bond acceptors (Lipinski definition) is 1. The Bertz CT molecular complexity index is 3470. The topological polar surface area (TPSA) is 3.24 Å². The molecule has 1 heteroatoms. The Morgan fingerprint density at radius 1 is 0.348 bits per heavy atom. The van der Waals surface area contributed by atoms with Gasteiger partial charge in [0.05, 0.1) is 11.1 Å². The maximum Gasteiger partial charge on any atom is 0.0713 e. The van der Waals surface area contributed by atoms with E-state index in [9.17, 15) is 0 Å². The molecule has 0 saturated carbocycles. The highest BCUT2D eigenvalue weighted by atomic mass is 15.2. The number of allylic oxidation sites excluding steroid dienone is 4. The van der Waals surface area contributed by atoms with Crippen LogP contribution in [0.2, 0.25) is 0 Å². The second kappa shape index (κ2) is 17.9. The molecule has 0 saturated heterocycles. The van der Waals surface area contributed by atoms with Crippen molar-refractivity contribution < 1.29 is 0 Å². The standard InChI is InChI=1S/C68H51N/c1-48-46-52(53-40-44-62-61-34-18-20-36-64(61)68(65(62)47-53,54-26-10-4-11-27-54)55-28-12-5-13-29-55)41-45-66(48)69(56-42-38-50(39-43-56)49-22-6-2-7-23-49)67-37-21-19-35-63(67)60-33-17-16-32-59(60)58-31-15-14-30-57(58)51-24-8-3-9-25-51/h2-45,47-48H,46H2,1H3. The first-order valence-corrected chi connectivity index (χ1v) is 24.2. The van der Waals surface area contributed by atoms with Gasteiger partial charge in [-0.2, -0.15) is 0 Å². The fraction of sp³-hybridized carbons (Fsp3) is 0.0588. The Morgan fingerprint density at radius 2 is 0.797 bits per heavy atom. The van der Waals surface area contributed by atoms with Gasteiger partial charge in [-0.05, 0) is 120 Å². The lowest BCUT2D eigenvalue weighted by atomic mass is 9.67. The Labute approximate surface area is 406 Å². The Morgan fingerprint density at radius 3 is 1.42 bits per heavy atom. The van der Waals surface area contributed by atoms with Crippen LogP contribution in [0.15, 0.2) is 279 Å². The van der Waals surface area contributed by atoms with Crippen molar-refractivity contribution >= 4 is 16.9 Å². The number of fused-ring (bicyclic) bond motifs is 3. The number of benzene rings is 10. The van der Waals surface area contributed by atoms with E-state index in [1.54, 1.807) is 0 Å². The molecule has 0 N–H and O–H groups in total. The van der Waals surface area contributed by atoms with Gasteiger partial charge in [0.25, 0.3) is 0 Å². The highest BCUT2D eigenvalue weighted by molar-refractivity contribution is 5.96. The molecule has 0 spiro atoms. The summed E-state index contributed by atoms with van der Waals surface area (Å²) >= 11 is 0. The highest BCUT2D eigenvalue weighted by Gasteiger charge is 2.46. The van der Waals surface area contributed by atoms with E-state index in [4.69, 9.17) is 0 Å². The van der Waals surface area contributed by atoms with E-state index in [1.807, 2.05) is 0 Å². The zero-order valence-electron chi connectivity index (χ0n) is 38.7. The van der Waals surface area contributed by atoms with Gasteiger partial charge >= 0.3 is 0 Å². The van der Waals surface area contributed by atoms with Crippen LogP contribution >= 0.6 is 0 Å². The number of hydrogen-bond donors (Lipinski definition) is 0. The first-order chi connectivity index (χ1) is 34.2. The van der Waals surface area contributed by atoms with Crippen LogP contribution in [0.5, 0.6) is 0 Å². The fourth-order valence-corrected chi connectivity index (χ4v) is 11.3. The zero-order chi connectivity index (χ0) is 46.2. The molecule has 328 valence electrons. The highest BCUT2D eigenvalue weighted by Crippen LogP contribution is 2.57. The summed E-state index contributed by atoms with van der Waals surface area (Å²) < 4.78 is 0. The molecular formula is C68H51N. The van der Waals surface area contributed by atoms with Gasteiger partial charge in [0.15, 0.2) is 0 Å². The number of nitrogens with zero attached hydrogens (tertiary/aromatic N) is 1. The van der Waals surface area contributed by atoms with Crippen molar-refractivity contribution in [3.05, 3.63) is 307 Å². The molecule has 0 fully saturated rings. The summed E-state index contributed by atoms with van der Waals surface area (Å²) in [5, 5.41) is 0. The summed E-state index contributed by atoms with van der Waals surface area (Å²) in [6.45, 7) is 2.40. The predicted octanol–water partition coefficient (Wildman–Crippen LogP) is 17.9. The maximum absolute atomic E-state index is 2.52. The molecule has 0 aromatic heterocycles. The Hall–Kier alpha value is -8.52. The van der Waals surface area contributed by atoms with Crippen LogP contribution in [0.4, 0.5) is 11.4 Å². The molecule has 1 nitrogen and oxygen atoms in total. The molecule has 10 aromatic rings. The summed E-state index contributed by atoms with van der Waals surface area (Å²) in [7, 11) is 0. The van der Waals surface area contributed by atoms with Gasteiger partial charge in [-0.15, -0.1) is 0 Å². The summed E-state index contributed by atoms with van der Waals surface area (Å²) in [5.74, 6) is 0.194. The number of para-hydroxylation sites is 1. The van der Waals surface area contributed by atoms with E-state index in [0.717, 1.165) is 17.8 Å². The van der Waals surface area contributed by atoms with Crippen LogP contribution in [0.1, 0.15) is 41.2 Å². The van der Waals surface area contributed by atoms with Crippen molar-refractivity contribution in [1.82, 2.24) is 0 Å². The van der Waals surface area contributed by atoms with E-state index >= 15 is 0 Å². The molecule has 1 atom stereocenters. The van der Waals surface area contributed by atoms with Crippen LogP contribution < -0.4 is 4.90 Å². The van der Waals surface area contributed by atoms with Crippen molar-refractivity contribution in [1.29, 1.82) is 0 Å². The molecule has 0 radical (unpaired) electrons. The van der Waals surface area contributed by atoms with Crippen molar-refractivity contribution in [2.45, 2.75) is 18.8 Å². The van der Waals surface area contributed by atoms with Crippen molar-refractivity contribution in [3.8, 4) is 55.6 Å². The predicted molar refractivity (Wildman–Crippen MR) is 290 cm³/mol. The average Bonchev–Trinajstić information content (AvgIpc) is 3.73. The Balaban J connectivity index is 1.01. The normalized spacial score (nSPS) is 14.5. The Kier molecular flexibility index (Phi) is 10.9. The van der Waals surface area contributed by atoms with E-state index in [1.165, 1.54) is 94.7 Å². The van der Waals surface area contributed by atoms with E-state index in [-0.39, 0.29) is 5.92 Å². The molecular weight excluding hydrogens is 831 g/mol. The van der Waals surface area contributed by atoms with Crippen LogP contribution in [-0.4, -0.2) is 0 Å². The number of anilines is 2. The molecule has 1 unspecified atom stereocenters. The monoisotopic (exact) mass is 881 g/mol. The van der Waals surface area contributed by atoms with Crippen LogP contribution in [-0.2, 0) is 5.41 Å². The third kappa shape index (κ3) is 7.35. The molecule has 69 heavy (non-hydrogen) atoms. The lowest BCUT2D eigenvalue weighted by Gasteiger charge is -2.36. The summed E-state index contributed by atoms with van der Waals surface area (Å²) in [6, 6.07) is 95.8. The van der Waals surface area contributed by atoms with E-state index < -0.39 is 5.41 Å². The minimum absolute atomic E-state index is 0.194. The van der Waals surface area contributed by atoms with Crippen LogP contribution in [0, 0.1) is 5.92 Å². The zero-order valence-corrected chi connectivity index (χ0v) is 38.7. The van der Waals surface area contributed by atoms with Crippen molar-refractivity contribution in [3.63, 3.8) is 0 Å². The maximum atomic E-state index is 2.52. The molecule has 0 heterocycles. The largest absolute Gasteiger partial charge is 0.313 e. The van der Waals surface area contributed by atoms with Crippen molar-refractivity contribution in [2.75, 3.05) is 4.90 Å². The van der Waals surface area contributed by atoms with Gasteiger partial charge in [-0.3, -0.25) is 0 Å². The molecule has 2 aliphatic carbocycles. The number of rotatable bonds is 10. The van der Waals surface area contributed by atoms with Crippen molar-refractivity contribution in [2.24, 2.45) is 5.92 Å². The molecule has 0 bridgehead atoms. The first-order valence-electron chi connectivity index (χ1n) is 24.2. The minimum atomic E-state index is -0.448. The first kappa shape index (κ1) is 41.9. The van der Waals surface area contributed by atoms with E-state index in [0.29, 0.717) is 0 Å². The fourth-order valence-electron chi connectivity index (χ4n) is 11.3. The molecule has 12 rings (SSSR count). The van der Waals surface area contributed by atoms with E-state index in [2.05, 4.69) is 285 Å². The second-order valence-corrected chi connectivity index (χ2v) is 18.4. The van der Waals surface area contributed by atoms with Gasteiger partial charge in [0.1, 0.15) is 0 Å². The summed E-state index contributed by atoms with van der Waals surface area (Å²) in [4.78, 5) is 2.52. The van der Waals surface area contributed by atoms with Gasteiger partial charge in [-0.1, -0.05) is 250 Å². The SMILES string of the molecule is CC1CC(c2ccc3c(c2)C(c2ccccc2)(c2ccccc2)c2ccccc2-3)=CC=C1N(c1ccc(-c2ccccc2)cc1)c1ccccc1-c1ccccc1-c1ccccc1-c1ccccc1. The lowest BCUT2D eigenvalue weighted by Crippen LogP contribution is -2.28. The third-order valence-corrected chi connectivity index (χ3v) is 14.5. The molecule has 0 aliphatic heterocycles. The van der Waals surface area contributed by atoms with Gasteiger partial charge < -0.3 is 4.90 Å². The van der Waals surface area contributed by atoms with Crippen LogP contribution in [0.3, 0.4) is 0 Å². The summed E-state index contributed by atoms with van der Waals surface area (Å²) in [5.41, 5.74) is 23.2. The minimum Gasteiger partial charge on any atom is -0.313 e. The average molecular weight is 882 g/mol. The summed E-state index contributed by atoms with van der Waals surface area (Å²) in [6.07, 6.45) is 5.68. The lowest BCUT2D eigenvalue weighted by molar-refractivity contribution is 0.680. The second-order valence-electron chi connectivity index (χ2n) is 18.4. The third-order valence-electron chi connectivity index (χ3n) is 14.5. The molecule has 2 aliphatic rings. The smallest absolute Gasteiger partial charge is 0.0713 e. The quantitative estimate of drug-likeness (QED) is 0.132. The van der Waals surface area contributed by atoms with Gasteiger partial charge in [0, 0.05) is 22.9 Å². The van der Waals surface area contributed by atoms with Gasteiger partial charge in [0.2, 0.25) is 0 Å².